The van der Waals surface area contributed by atoms with E-state index in [1.165, 1.54) is 11.1 Å². The predicted molar refractivity (Wildman–Crippen MR) is 81.0 cm³/mol. The molecule has 1 aromatic heterocycles. The van der Waals surface area contributed by atoms with E-state index in [1.807, 2.05) is 23.9 Å². The van der Waals surface area contributed by atoms with Crippen molar-refractivity contribution in [3.63, 3.8) is 0 Å². The molecule has 3 nitrogen and oxygen atoms in total. The van der Waals surface area contributed by atoms with Crippen molar-refractivity contribution in [1.29, 1.82) is 0 Å². The zero-order chi connectivity index (χ0) is 14.1. The molecule has 0 atom stereocenters. The third-order valence-corrected chi connectivity index (χ3v) is 3.41. The van der Waals surface area contributed by atoms with Gasteiger partial charge in [-0.25, -0.2) is 0 Å². The van der Waals surface area contributed by atoms with Gasteiger partial charge in [-0.2, -0.15) is 5.10 Å². The number of aryl methyl sites for hydroxylation is 3. The molecule has 2 aromatic carbocycles. The first kappa shape index (κ1) is 12.7. The van der Waals surface area contributed by atoms with E-state index in [0.717, 1.165) is 22.3 Å². The van der Waals surface area contributed by atoms with Gasteiger partial charge in [0, 0.05) is 12.4 Å². The number of ether oxygens (including phenoxy) is 1. The zero-order valence-corrected chi connectivity index (χ0v) is 12.1. The van der Waals surface area contributed by atoms with Gasteiger partial charge in [0.25, 0.3) is 0 Å². The largest absolute Gasteiger partial charge is 0.487 e. The monoisotopic (exact) mass is 266 g/mol. The molecule has 0 bridgehead atoms. The van der Waals surface area contributed by atoms with Gasteiger partial charge in [0.2, 0.25) is 0 Å². The first-order valence-electron chi connectivity index (χ1n) is 6.75. The molecule has 102 valence electrons. The average Bonchev–Trinajstić information content (AvgIpc) is 2.73. The highest BCUT2D eigenvalue weighted by molar-refractivity contribution is 5.81. The molecule has 0 radical (unpaired) electrons. The normalized spacial score (nSPS) is 10.9. The smallest absolute Gasteiger partial charge is 0.133 e. The molecule has 1 heterocycles. The number of hydrogen-bond donors (Lipinski definition) is 0. The van der Waals surface area contributed by atoms with Crippen molar-refractivity contribution in [2.45, 2.75) is 20.5 Å². The first-order chi connectivity index (χ1) is 9.63. The van der Waals surface area contributed by atoms with Crippen molar-refractivity contribution < 1.29 is 4.74 Å². The summed E-state index contributed by atoms with van der Waals surface area (Å²) in [6.07, 6.45) is 0. The van der Waals surface area contributed by atoms with Gasteiger partial charge in [-0.15, -0.1) is 0 Å². The van der Waals surface area contributed by atoms with Crippen LogP contribution >= 0.6 is 0 Å². The van der Waals surface area contributed by atoms with Crippen LogP contribution < -0.4 is 4.74 Å². The molecular formula is C17H18N2O. The summed E-state index contributed by atoms with van der Waals surface area (Å²) in [5.41, 5.74) is 4.53. The third-order valence-electron chi connectivity index (χ3n) is 3.41. The maximum Gasteiger partial charge on any atom is 0.133 e. The number of aromatic nitrogens is 2. The highest BCUT2D eigenvalue weighted by atomic mass is 16.5. The summed E-state index contributed by atoms with van der Waals surface area (Å²) >= 11 is 0. The Bertz CT molecular complexity index is 739. The number of nitrogens with zero attached hydrogens (tertiary/aromatic N) is 2. The van der Waals surface area contributed by atoms with Gasteiger partial charge >= 0.3 is 0 Å². The fourth-order valence-electron chi connectivity index (χ4n) is 2.56. The quantitative estimate of drug-likeness (QED) is 0.721. The summed E-state index contributed by atoms with van der Waals surface area (Å²) in [7, 11) is 1.96. The second kappa shape index (κ2) is 5.00. The molecule has 3 rings (SSSR count). The van der Waals surface area contributed by atoms with Crippen LogP contribution in [0.3, 0.4) is 0 Å². The molecule has 0 amide bonds. The van der Waals surface area contributed by atoms with Gasteiger partial charge in [-0.05, 0) is 43.2 Å². The fourth-order valence-corrected chi connectivity index (χ4v) is 2.56. The molecule has 0 fully saturated rings. The molecular weight excluding hydrogens is 248 g/mol. The standard InChI is InChI=1S/C17H18N2O/c1-12-8-13(2)10-14(9-12)20-11-16-15-6-4-5-7-17(15)19(3)18-16/h4-10H,11H2,1-3H3. The fraction of sp³-hybridized carbons (Fsp3) is 0.235. The molecule has 3 heteroatoms. The molecule has 0 aliphatic heterocycles. The van der Waals surface area contributed by atoms with Crippen LogP contribution in [0.25, 0.3) is 10.9 Å². The summed E-state index contributed by atoms with van der Waals surface area (Å²) in [5, 5.41) is 5.69. The molecule has 3 aromatic rings. The summed E-state index contributed by atoms with van der Waals surface area (Å²) in [6, 6.07) is 14.5. The Morgan fingerprint density at radius 3 is 2.50 bits per heavy atom. The van der Waals surface area contributed by atoms with Crippen LogP contribution in [0.4, 0.5) is 0 Å². The molecule has 0 saturated carbocycles. The van der Waals surface area contributed by atoms with E-state index in [0.29, 0.717) is 6.61 Å². The van der Waals surface area contributed by atoms with Gasteiger partial charge in [-0.1, -0.05) is 24.3 Å². The SMILES string of the molecule is Cc1cc(C)cc(OCc2nn(C)c3ccccc23)c1. The minimum absolute atomic E-state index is 0.490. The molecule has 0 aliphatic rings. The van der Waals surface area contributed by atoms with Gasteiger partial charge in [0.05, 0.1) is 5.52 Å². The Morgan fingerprint density at radius 1 is 1.05 bits per heavy atom. The summed E-state index contributed by atoms with van der Waals surface area (Å²) < 4.78 is 7.80. The van der Waals surface area contributed by atoms with E-state index in [1.54, 1.807) is 0 Å². The van der Waals surface area contributed by atoms with Crippen molar-refractivity contribution in [2.75, 3.05) is 0 Å². The lowest BCUT2D eigenvalue weighted by atomic mass is 10.1. The van der Waals surface area contributed by atoms with Crippen molar-refractivity contribution >= 4 is 10.9 Å². The Hall–Kier alpha value is -2.29. The maximum atomic E-state index is 5.90. The number of hydrogen-bond acceptors (Lipinski definition) is 2. The second-order valence-corrected chi connectivity index (χ2v) is 5.20. The van der Waals surface area contributed by atoms with E-state index in [2.05, 4.69) is 49.3 Å². The van der Waals surface area contributed by atoms with Crippen LogP contribution in [0.5, 0.6) is 5.75 Å². The van der Waals surface area contributed by atoms with Gasteiger partial charge in [0.1, 0.15) is 18.1 Å². The molecule has 0 N–H and O–H groups in total. The third kappa shape index (κ3) is 2.39. The summed E-state index contributed by atoms with van der Waals surface area (Å²) in [5.74, 6) is 0.900. The lowest BCUT2D eigenvalue weighted by molar-refractivity contribution is 0.301. The molecule has 0 unspecified atom stereocenters. The Morgan fingerprint density at radius 2 is 1.75 bits per heavy atom. The number of fused-ring (bicyclic) bond motifs is 1. The summed E-state index contributed by atoms with van der Waals surface area (Å²) in [6.45, 7) is 4.65. The van der Waals surface area contributed by atoms with E-state index < -0.39 is 0 Å². The van der Waals surface area contributed by atoms with Crippen LogP contribution in [0, 0.1) is 13.8 Å². The van der Waals surface area contributed by atoms with Crippen molar-refractivity contribution in [2.24, 2.45) is 7.05 Å². The highest BCUT2D eigenvalue weighted by Gasteiger charge is 2.08. The minimum Gasteiger partial charge on any atom is -0.487 e. The Labute approximate surface area is 118 Å². The van der Waals surface area contributed by atoms with Crippen LogP contribution in [-0.4, -0.2) is 9.78 Å². The average molecular weight is 266 g/mol. The van der Waals surface area contributed by atoms with Crippen molar-refractivity contribution in [3.05, 3.63) is 59.3 Å². The Balaban J connectivity index is 1.87. The minimum atomic E-state index is 0.490. The number of rotatable bonds is 3. The van der Waals surface area contributed by atoms with E-state index in [9.17, 15) is 0 Å². The molecule has 0 saturated heterocycles. The second-order valence-electron chi connectivity index (χ2n) is 5.20. The maximum absolute atomic E-state index is 5.90. The van der Waals surface area contributed by atoms with E-state index >= 15 is 0 Å². The summed E-state index contributed by atoms with van der Waals surface area (Å²) in [4.78, 5) is 0. The molecule has 0 spiro atoms. The lowest BCUT2D eigenvalue weighted by Gasteiger charge is -2.07. The van der Waals surface area contributed by atoms with Crippen LogP contribution in [-0.2, 0) is 13.7 Å². The highest BCUT2D eigenvalue weighted by Crippen LogP contribution is 2.21. The molecule has 0 aliphatic carbocycles. The predicted octanol–water partition coefficient (Wildman–Crippen LogP) is 3.77. The van der Waals surface area contributed by atoms with E-state index in [4.69, 9.17) is 4.74 Å². The van der Waals surface area contributed by atoms with Crippen molar-refractivity contribution in [3.8, 4) is 5.75 Å². The number of benzene rings is 2. The first-order valence-corrected chi connectivity index (χ1v) is 6.75. The van der Waals surface area contributed by atoms with Crippen LogP contribution in [0.2, 0.25) is 0 Å². The van der Waals surface area contributed by atoms with Crippen molar-refractivity contribution in [1.82, 2.24) is 9.78 Å². The topological polar surface area (TPSA) is 27.1 Å². The van der Waals surface area contributed by atoms with Gasteiger partial charge in [-0.3, -0.25) is 4.68 Å². The van der Waals surface area contributed by atoms with Crippen LogP contribution in [0.15, 0.2) is 42.5 Å². The molecule has 20 heavy (non-hydrogen) atoms. The lowest BCUT2D eigenvalue weighted by Crippen LogP contribution is -1.98. The van der Waals surface area contributed by atoms with Crippen LogP contribution in [0.1, 0.15) is 16.8 Å². The zero-order valence-electron chi connectivity index (χ0n) is 12.1. The number of para-hydroxylation sites is 1. The van der Waals surface area contributed by atoms with Gasteiger partial charge < -0.3 is 4.74 Å². The van der Waals surface area contributed by atoms with Gasteiger partial charge in [0.15, 0.2) is 0 Å². The van der Waals surface area contributed by atoms with E-state index in [-0.39, 0.29) is 0 Å². The Kier molecular flexibility index (Phi) is 3.18.